The Morgan fingerprint density at radius 2 is 1.63 bits per heavy atom. The zero-order chi connectivity index (χ0) is 14.1. The normalized spacial score (nSPS) is 14.3. The van der Waals surface area contributed by atoms with E-state index in [4.69, 9.17) is 4.89 Å². The summed E-state index contributed by atoms with van der Waals surface area (Å²) in [6.45, 7) is 4.05. The lowest BCUT2D eigenvalue weighted by Gasteiger charge is -2.09. The van der Waals surface area contributed by atoms with Gasteiger partial charge in [0.2, 0.25) is 0 Å². The summed E-state index contributed by atoms with van der Waals surface area (Å²) in [7, 11) is -2.46. The van der Waals surface area contributed by atoms with Gasteiger partial charge in [-0.25, -0.2) is 0 Å². The third-order valence-electron chi connectivity index (χ3n) is 3.67. The maximum atomic E-state index is 11.1. The van der Waals surface area contributed by atoms with Crippen LogP contribution >= 0.6 is 8.03 Å². The Hall–Kier alpha value is -0.590. The molecule has 2 nitrogen and oxygen atoms in total. The van der Waals surface area contributed by atoms with Crippen molar-refractivity contribution in [1.29, 1.82) is 0 Å². The van der Waals surface area contributed by atoms with E-state index in [9.17, 15) is 4.57 Å². The van der Waals surface area contributed by atoms with Crippen LogP contribution in [0.15, 0.2) is 24.3 Å². The molecule has 0 bridgehead atoms. The molecule has 0 fully saturated rings. The van der Waals surface area contributed by atoms with E-state index >= 15 is 0 Å². The summed E-state index contributed by atoms with van der Waals surface area (Å²) in [5.41, 5.74) is 2.08. The van der Waals surface area contributed by atoms with E-state index in [1.54, 1.807) is 0 Å². The highest BCUT2D eigenvalue weighted by Crippen LogP contribution is 2.36. The Balaban J connectivity index is 2.30. The molecule has 1 aromatic rings. The first-order chi connectivity index (χ1) is 9.15. The molecule has 2 unspecified atom stereocenters. The molecule has 0 aliphatic heterocycles. The van der Waals surface area contributed by atoms with Crippen molar-refractivity contribution < 1.29 is 9.46 Å². The number of rotatable bonds is 9. The molecule has 0 amide bonds. The lowest BCUT2D eigenvalue weighted by atomic mass is 10.0. The van der Waals surface area contributed by atoms with E-state index in [0.29, 0.717) is 0 Å². The van der Waals surface area contributed by atoms with Gasteiger partial charge >= 0.3 is 0 Å². The predicted molar refractivity (Wildman–Crippen MR) is 83.2 cm³/mol. The summed E-state index contributed by atoms with van der Waals surface area (Å²) in [4.78, 5) is 9.13. The lowest BCUT2D eigenvalue weighted by Crippen LogP contribution is -1.90. The van der Waals surface area contributed by atoms with Crippen molar-refractivity contribution in [2.45, 2.75) is 64.5 Å². The second kappa shape index (κ2) is 9.34. The van der Waals surface area contributed by atoms with Crippen molar-refractivity contribution >= 4 is 8.03 Å². The summed E-state index contributed by atoms with van der Waals surface area (Å²) >= 11 is 0. The smallest absolute Gasteiger partial charge is 0.196 e. The minimum atomic E-state index is -2.46. The van der Waals surface area contributed by atoms with Gasteiger partial charge in [0, 0.05) is 0 Å². The van der Waals surface area contributed by atoms with Crippen molar-refractivity contribution in [3.8, 4) is 0 Å². The molecule has 0 heterocycles. The quantitative estimate of drug-likeness (QED) is 0.504. The molecule has 0 saturated carbocycles. The summed E-state index contributed by atoms with van der Waals surface area (Å²) in [6, 6.07) is 8.19. The molecule has 108 valence electrons. The van der Waals surface area contributed by atoms with Crippen LogP contribution < -0.4 is 0 Å². The van der Waals surface area contributed by atoms with Crippen LogP contribution in [0.2, 0.25) is 0 Å². The second-order valence-electron chi connectivity index (χ2n) is 5.32. The summed E-state index contributed by atoms with van der Waals surface area (Å²) in [5.74, 6) is 0. The van der Waals surface area contributed by atoms with Gasteiger partial charge in [-0.05, 0) is 30.9 Å². The first kappa shape index (κ1) is 16.5. The predicted octanol–water partition coefficient (Wildman–Crippen LogP) is 5.12. The van der Waals surface area contributed by atoms with Crippen LogP contribution in [-0.4, -0.2) is 4.89 Å². The highest BCUT2D eigenvalue weighted by atomic mass is 31.1. The number of unbranched alkanes of at least 4 members (excludes halogenated alkanes) is 5. The SMILES string of the molecule is CCCCCCCCc1ccc(C(C)[PH](=O)O)cc1. The third kappa shape index (κ3) is 6.40. The molecule has 0 aromatic heterocycles. The Morgan fingerprint density at radius 3 is 2.21 bits per heavy atom. The zero-order valence-electron chi connectivity index (χ0n) is 12.2. The highest BCUT2D eigenvalue weighted by molar-refractivity contribution is 7.38. The van der Waals surface area contributed by atoms with E-state index in [-0.39, 0.29) is 5.66 Å². The van der Waals surface area contributed by atoms with Gasteiger partial charge in [0.15, 0.2) is 8.03 Å². The van der Waals surface area contributed by atoms with Crippen LogP contribution in [0.5, 0.6) is 0 Å². The first-order valence-electron chi connectivity index (χ1n) is 7.46. The molecule has 19 heavy (non-hydrogen) atoms. The van der Waals surface area contributed by atoms with Gasteiger partial charge in [0.05, 0.1) is 5.66 Å². The minimum absolute atomic E-state index is 0.229. The molecule has 0 aliphatic rings. The van der Waals surface area contributed by atoms with E-state index in [1.165, 1.54) is 44.1 Å². The summed E-state index contributed by atoms with van der Waals surface area (Å²) in [6.07, 6.45) is 9.03. The third-order valence-corrected chi connectivity index (χ3v) is 4.74. The molecule has 1 aromatic carbocycles. The second-order valence-corrected chi connectivity index (χ2v) is 6.86. The lowest BCUT2D eigenvalue weighted by molar-refractivity contribution is 0.493. The van der Waals surface area contributed by atoms with Crippen molar-refractivity contribution in [2.24, 2.45) is 0 Å². The topological polar surface area (TPSA) is 37.3 Å². The molecule has 1 N–H and O–H groups in total. The largest absolute Gasteiger partial charge is 0.346 e. The zero-order valence-corrected chi connectivity index (χ0v) is 13.2. The van der Waals surface area contributed by atoms with Crippen LogP contribution in [0.25, 0.3) is 0 Å². The number of aryl methyl sites for hydroxylation is 1. The average Bonchev–Trinajstić information content (AvgIpc) is 2.42. The van der Waals surface area contributed by atoms with Gasteiger partial charge in [-0.15, -0.1) is 0 Å². The highest BCUT2D eigenvalue weighted by Gasteiger charge is 2.09. The molecule has 0 saturated heterocycles. The van der Waals surface area contributed by atoms with Crippen LogP contribution in [-0.2, 0) is 11.0 Å². The molecule has 2 atom stereocenters. The van der Waals surface area contributed by atoms with E-state index < -0.39 is 8.03 Å². The molecule has 0 aliphatic carbocycles. The Kier molecular flexibility index (Phi) is 8.09. The standard InChI is InChI=1S/C16H27O2P/c1-3-4-5-6-7-8-9-15-10-12-16(13-11-15)14(2)19(17)18/h10-14,19H,3-9H2,1-2H3,(H,17,18). The first-order valence-corrected chi connectivity index (χ1v) is 8.90. The van der Waals surface area contributed by atoms with Gasteiger partial charge < -0.3 is 4.89 Å². The minimum Gasteiger partial charge on any atom is -0.346 e. The van der Waals surface area contributed by atoms with E-state index in [0.717, 1.165) is 12.0 Å². The van der Waals surface area contributed by atoms with E-state index in [1.807, 2.05) is 19.1 Å². The van der Waals surface area contributed by atoms with Crippen LogP contribution in [0.1, 0.15) is 69.2 Å². The fraction of sp³-hybridized carbons (Fsp3) is 0.625. The number of benzene rings is 1. The van der Waals surface area contributed by atoms with Crippen molar-refractivity contribution in [3.63, 3.8) is 0 Å². The molecule has 1 rings (SSSR count). The average molecular weight is 282 g/mol. The Bertz CT molecular complexity index is 373. The maximum absolute atomic E-state index is 11.1. The van der Waals surface area contributed by atoms with Gasteiger partial charge in [0.25, 0.3) is 0 Å². The van der Waals surface area contributed by atoms with Crippen molar-refractivity contribution in [1.82, 2.24) is 0 Å². The van der Waals surface area contributed by atoms with E-state index in [2.05, 4.69) is 19.1 Å². The summed E-state index contributed by atoms with van der Waals surface area (Å²) < 4.78 is 11.1. The number of hydrogen-bond acceptors (Lipinski definition) is 1. The Labute approximate surface area is 118 Å². The maximum Gasteiger partial charge on any atom is 0.196 e. The number of hydrogen-bond donors (Lipinski definition) is 1. The molecular weight excluding hydrogens is 255 g/mol. The van der Waals surface area contributed by atoms with Crippen molar-refractivity contribution in [3.05, 3.63) is 35.4 Å². The molecule has 0 radical (unpaired) electrons. The van der Waals surface area contributed by atoms with Gasteiger partial charge in [-0.3, -0.25) is 4.57 Å². The van der Waals surface area contributed by atoms with Crippen molar-refractivity contribution in [2.75, 3.05) is 0 Å². The fourth-order valence-electron chi connectivity index (χ4n) is 2.23. The summed E-state index contributed by atoms with van der Waals surface area (Å²) in [5, 5.41) is 0. The molecule has 3 heteroatoms. The fourth-order valence-corrected chi connectivity index (χ4v) is 2.70. The van der Waals surface area contributed by atoms with Gasteiger partial charge in [-0.2, -0.15) is 0 Å². The Morgan fingerprint density at radius 1 is 1.05 bits per heavy atom. The van der Waals surface area contributed by atoms with Gasteiger partial charge in [-0.1, -0.05) is 63.3 Å². The monoisotopic (exact) mass is 282 g/mol. The van der Waals surface area contributed by atoms with Gasteiger partial charge in [0.1, 0.15) is 0 Å². The van der Waals surface area contributed by atoms with Crippen LogP contribution in [0, 0.1) is 0 Å². The van der Waals surface area contributed by atoms with Crippen LogP contribution in [0.4, 0.5) is 0 Å². The molecular formula is C16H27O2P. The van der Waals surface area contributed by atoms with Crippen LogP contribution in [0.3, 0.4) is 0 Å². The molecule has 0 spiro atoms.